The summed E-state index contributed by atoms with van der Waals surface area (Å²) in [5, 5.41) is 0. The molecule has 1 aromatic carbocycles. The SMILES string of the molecule is COCOc1ccc(Br)c(S(=O)(=O)F)c1. The number of hydrogen-bond donors (Lipinski definition) is 0. The highest BCUT2D eigenvalue weighted by Crippen LogP contribution is 2.27. The molecule has 15 heavy (non-hydrogen) atoms. The maximum Gasteiger partial charge on any atom is 0.333 e. The summed E-state index contributed by atoms with van der Waals surface area (Å²) in [6.45, 7) is -0.0343. The van der Waals surface area contributed by atoms with Crippen molar-refractivity contribution in [2.45, 2.75) is 4.90 Å². The molecule has 84 valence electrons. The second-order valence-electron chi connectivity index (χ2n) is 2.58. The van der Waals surface area contributed by atoms with E-state index in [2.05, 4.69) is 20.7 Å². The molecule has 0 saturated carbocycles. The van der Waals surface area contributed by atoms with Crippen LogP contribution in [0.25, 0.3) is 0 Å². The lowest BCUT2D eigenvalue weighted by Gasteiger charge is -2.06. The van der Waals surface area contributed by atoms with Crippen molar-refractivity contribution in [2.24, 2.45) is 0 Å². The van der Waals surface area contributed by atoms with E-state index in [1.807, 2.05) is 0 Å². The van der Waals surface area contributed by atoms with Crippen molar-refractivity contribution in [3.63, 3.8) is 0 Å². The number of halogens is 2. The van der Waals surface area contributed by atoms with Crippen molar-refractivity contribution in [2.75, 3.05) is 13.9 Å². The first-order chi connectivity index (χ1) is 6.95. The summed E-state index contributed by atoms with van der Waals surface area (Å²) in [5.41, 5.74) is 0. The van der Waals surface area contributed by atoms with E-state index >= 15 is 0 Å². The molecule has 0 atom stereocenters. The Morgan fingerprint density at radius 3 is 2.67 bits per heavy atom. The van der Waals surface area contributed by atoms with Gasteiger partial charge in [0.05, 0.1) is 0 Å². The van der Waals surface area contributed by atoms with Crippen LogP contribution >= 0.6 is 15.9 Å². The minimum absolute atomic E-state index is 0.0343. The standard InChI is InChI=1S/C8H8BrFO4S/c1-13-5-14-6-2-3-7(9)8(4-6)15(10,11)12/h2-4H,5H2,1H3. The zero-order valence-corrected chi connectivity index (χ0v) is 10.1. The number of rotatable bonds is 4. The fraction of sp³-hybridized carbons (Fsp3) is 0.250. The topological polar surface area (TPSA) is 52.6 Å². The van der Waals surface area contributed by atoms with Crippen molar-refractivity contribution in [3.8, 4) is 5.75 Å². The smallest absolute Gasteiger partial charge is 0.333 e. The fourth-order valence-corrected chi connectivity index (χ4v) is 2.27. The maximum absolute atomic E-state index is 12.7. The van der Waals surface area contributed by atoms with E-state index in [1.54, 1.807) is 0 Å². The van der Waals surface area contributed by atoms with Crippen molar-refractivity contribution >= 4 is 26.2 Å². The normalized spacial score (nSPS) is 11.4. The molecule has 7 heteroatoms. The van der Waals surface area contributed by atoms with E-state index < -0.39 is 15.1 Å². The van der Waals surface area contributed by atoms with E-state index in [4.69, 9.17) is 4.74 Å². The Kier molecular flexibility index (Phi) is 4.06. The minimum Gasteiger partial charge on any atom is -0.468 e. The molecule has 0 aliphatic carbocycles. The summed E-state index contributed by atoms with van der Waals surface area (Å²) in [6.07, 6.45) is 0. The van der Waals surface area contributed by atoms with Crippen molar-refractivity contribution in [1.82, 2.24) is 0 Å². The first kappa shape index (κ1) is 12.4. The van der Waals surface area contributed by atoms with Crippen LogP contribution in [0.5, 0.6) is 5.75 Å². The third-order valence-electron chi connectivity index (χ3n) is 1.51. The van der Waals surface area contributed by atoms with Crippen molar-refractivity contribution in [1.29, 1.82) is 0 Å². The Balaban J connectivity index is 3.06. The highest BCUT2D eigenvalue weighted by Gasteiger charge is 2.17. The first-order valence-corrected chi connectivity index (χ1v) is 5.99. The molecular weight excluding hydrogens is 291 g/mol. The van der Waals surface area contributed by atoms with Gasteiger partial charge in [-0.3, -0.25) is 0 Å². The molecule has 0 amide bonds. The van der Waals surface area contributed by atoms with E-state index in [0.29, 0.717) is 0 Å². The lowest BCUT2D eigenvalue weighted by atomic mass is 10.3. The van der Waals surface area contributed by atoms with Gasteiger partial charge >= 0.3 is 10.2 Å². The largest absolute Gasteiger partial charge is 0.468 e. The zero-order chi connectivity index (χ0) is 11.5. The number of ether oxygens (including phenoxy) is 2. The molecule has 1 rings (SSSR count). The van der Waals surface area contributed by atoms with E-state index in [9.17, 15) is 12.3 Å². The minimum atomic E-state index is -4.75. The lowest BCUT2D eigenvalue weighted by molar-refractivity contribution is 0.0509. The van der Waals surface area contributed by atoms with Crippen LogP contribution in [-0.4, -0.2) is 22.3 Å². The average Bonchev–Trinajstić information content (AvgIpc) is 2.15. The lowest BCUT2D eigenvalue weighted by Crippen LogP contribution is -2.00. The fourth-order valence-electron chi connectivity index (χ4n) is 0.887. The van der Waals surface area contributed by atoms with Crippen molar-refractivity contribution < 1.29 is 21.8 Å². The van der Waals surface area contributed by atoms with Gasteiger partial charge in [0.1, 0.15) is 10.6 Å². The summed E-state index contributed by atoms with van der Waals surface area (Å²) in [5.74, 6) is 0.219. The monoisotopic (exact) mass is 298 g/mol. The van der Waals surface area contributed by atoms with Gasteiger partial charge in [-0.05, 0) is 28.1 Å². The molecule has 0 aliphatic heterocycles. The van der Waals surface area contributed by atoms with Gasteiger partial charge in [-0.25, -0.2) is 0 Å². The summed E-state index contributed by atoms with van der Waals surface area (Å²) in [6, 6.07) is 3.97. The van der Waals surface area contributed by atoms with Crippen LogP contribution in [0.1, 0.15) is 0 Å². The number of benzene rings is 1. The predicted octanol–water partition coefficient (Wildman–Crippen LogP) is 2.09. The van der Waals surface area contributed by atoms with Gasteiger partial charge in [-0.2, -0.15) is 8.42 Å². The molecule has 0 saturated heterocycles. The van der Waals surface area contributed by atoms with Gasteiger partial charge in [0.25, 0.3) is 0 Å². The summed E-state index contributed by atoms with van der Waals surface area (Å²) in [7, 11) is -3.33. The molecule has 0 aromatic heterocycles. The van der Waals surface area contributed by atoms with Crippen LogP contribution < -0.4 is 4.74 Å². The Hall–Kier alpha value is -0.660. The van der Waals surface area contributed by atoms with Crippen LogP contribution in [0, 0.1) is 0 Å². The summed E-state index contributed by atoms with van der Waals surface area (Å²) < 4.78 is 43.9. The number of methoxy groups -OCH3 is 1. The van der Waals surface area contributed by atoms with E-state index in [0.717, 1.165) is 6.07 Å². The molecule has 0 heterocycles. The summed E-state index contributed by atoms with van der Waals surface area (Å²) in [4.78, 5) is -0.462. The quantitative estimate of drug-likeness (QED) is 0.631. The summed E-state index contributed by atoms with van der Waals surface area (Å²) >= 11 is 2.93. The average molecular weight is 299 g/mol. The predicted molar refractivity (Wildman–Crippen MR) is 54.9 cm³/mol. The van der Waals surface area contributed by atoms with Gasteiger partial charge in [0.2, 0.25) is 0 Å². The van der Waals surface area contributed by atoms with Crippen LogP contribution in [0.4, 0.5) is 3.89 Å². The Morgan fingerprint density at radius 2 is 2.13 bits per heavy atom. The van der Waals surface area contributed by atoms with Crippen molar-refractivity contribution in [3.05, 3.63) is 22.7 Å². The molecule has 1 aromatic rings. The molecule has 0 bridgehead atoms. The third kappa shape index (κ3) is 3.44. The second kappa shape index (κ2) is 4.91. The second-order valence-corrected chi connectivity index (χ2v) is 4.75. The van der Waals surface area contributed by atoms with Gasteiger partial charge in [-0.1, -0.05) is 0 Å². The zero-order valence-electron chi connectivity index (χ0n) is 7.74. The highest BCUT2D eigenvalue weighted by molar-refractivity contribution is 9.10. The van der Waals surface area contributed by atoms with Gasteiger partial charge in [0.15, 0.2) is 6.79 Å². The van der Waals surface area contributed by atoms with Gasteiger partial charge < -0.3 is 9.47 Å². The first-order valence-electron chi connectivity index (χ1n) is 3.81. The molecule has 0 radical (unpaired) electrons. The third-order valence-corrected chi connectivity index (χ3v) is 3.33. The van der Waals surface area contributed by atoms with Gasteiger partial charge in [-0.15, -0.1) is 3.89 Å². The molecule has 0 fully saturated rings. The molecule has 0 spiro atoms. The van der Waals surface area contributed by atoms with Crippen LogP contribution in [0.3, 0.4) is 0 Å². The molecule has 0 unspecified atom stereocenters. The molecular formula is C8H8BrFO4S. The Morgan fingerprint density at radius 1 is 1.47 bits per heavy atom. The van der Waals surface area contributed by atoms with Gasteiger partial charge in [0, 0.05) is 17.6 Å². The molecule has 0 aliphatic rings. The molecule has 0 N–H and O–H groups in total. The van der Waals surface area contributed by atoms with E-state index in [1.165, 1.54) is 19.2 Å². The Bertz CT molecular complexity index is 446. The van der Waals surface area contributed by atoms with Crippen LogP contribution in [-0.2, 0) is 15.0 Å². The molecule has 4 nitrogen and oxygen atoms in total. The van der Waals surface area contributed by atoms with Crippen LogP contribution in [0.15, 0.2) is 27.6 Å². The number of hydrogen-bond acceptors (Lipinski definition) is 4. The highest BCUT2D eigenvalue weighted by atomic mass is 79.9. The van der Waals surface area contributed by atoms with E-state index in [-0.39, 0.29) is 17.0 Å². The maximum atomic E-state index is 12.7. The Labute approximate surface area is 95.3 Å². The van der Waals surface area contributed by atoms with Crippen LogP contribution in [0.2, 0.25) is 0 Å².